The van der Waals surface area contributed by atoms with E-state index in [1.54, 1.807) is 0 Å². The Bertz CT molecular complexity index is 399. The minimum absolute atomic E-state index is 0.00627. The maximum Gasteiger partial charge on any atom is 0.220 e. The highest BCUT2D eigenvalue weighted by molar-refractivity contribution is 5.80. The molecule has 1 amide bonds. The lowest BCUT2D eigenvalue weighted by molar-refractivity contribution is -0.119. The zero-order valence-electron chi connectivity index (χ0n) is 8.05. The summed E-state index contributed by atoms with van der Waals surface area (Å²) in [5.41, 5.74) is 2.76. The van der Waals surface area contributed by atoms with E-state index < -0.39 is 0 Å². The van der Waals surface area contributed by atoms with Crippen LogP contribution < -0.4 is 5.32 Å². The molecule has 1 aliphatic carbocycles. The van der Waals surface area contributed by atoms with Gasteiger partial charge in [-0.2, -0.15) is 0 Å². The number of hydrogen-bond donors (Lipinski definition) is 1. The molecule has 0 bridgehead atoms. The van der Waals surface area contributed by atoms with E-state index >= 15 is 0 Å². The number of carbonyl (C=O) groups is 1. The molecule has 0 saturated carbocycles. The molecule has 1 spiro atoms. The average molecular weight is 187 g/mol. The lowest BCUT2D eigenvalue weighted by atomic mass is 9.90. The van der Waals surface area contributed by atoms with Crippen LogP contribution in [-0.2, 0) is 16.8 Å². The van der Waals surface area contributed by atoms with E-state index in [0.29, 0.717) is 6.42 Å². The van der Waals surface area contributed by atoms with E-state index in [-0.39, 0.29) is 11.4 Å². The van der Waals surface area contributed by atoms with Gasteiger partial charge in [0.2, 0.25) is 5.91 Å². The Balaban J connectivity index is 2.09. The normalized spacial score (nSPS) is 29.3. The van der Waals surface area contributed by atoms with Crippen molar-refractivity contribution in [3.05, 3.63) is 35.4 Å². The summed E-state index contributed by atoms with van der Waals surface area (Å²) in [5, 5.41) is 3.15. The zero-order chi connectivity index (χ0) is 9.60. The minimum atomic E-state index is -0.00627. The van der Waals surface area contributed by atoms with Crippen molar-refractivity contribution in [3.63, 3.8) is 0 Å². The smallest absolute Gasteiger partial charge is 0.220 e. The summed E-state index contributed by atoms with van der Waals surface area (Å²) in [6.45, 7) is 0. The van der Waals surface area contributed by atoms with Crippen molar-refractivity contribution in [2.24, 2.45) is 0 Å². The van der Waals surface area contributed by atoms with E-state index in [4.69, 9.17) is 0 Å². The van der Waals surface area contributed by atoms with Crippen LogP contribution in [0.1, 0.15) is 30.4 Å². The number of carbonyl (C=O) groups excluding carboxylic acids is 1. The number of rotatable bonds is 0. The van der Waals surface area contributed by atoms with Gasteiger partial charge in [-0.15, -0.1) is 0 Å². The molecule has 1 aliphatic heterocycles. The highest BCUT2D eigenvalue weighted by Gasteiger charge is 2.43. The van der Waals surface area contributed by atoms with E-state index in [2.05, 4.69) is 29.6 Å². The van der Waals surface area contributed by atoms with E-state index in [1.807, 2.05) is 0 Å². The van der Waals surface area contributed by atoms with Gasteiger partial charge in [0.15, 0.2) is 0 Å². The summed E-state index contributed by atoms with van der Waals surface area (Å²) in [6, 6.07) is 8.48. The highest BCUT2D eigenvalue weighted by atomic mass is 16.2. The summed E-state index contributed by atoms with van der Waals surface area (Å²) in [4.78, 5) is 11.3. The van der Waals surface area contributed by atoms with E-state index in [1.165, 1.54) is 11.1 Å². The van der Waals surface area contributed by atoms with Gasteiger partial charge in [-0.25, -0.2) is 0 Å². The summed E-state index contributed by atoms with van der Waals surface area (Å²) >= 11 is 0. The van der Waals surface area contributed by atoms with Gasteiger partial charge in [0.05, 0.1) is 5.54 Å². The second kappa shape index (κ2) is 2.59. The maximum absolute atomic E-state index is 11.3. The largest absolute Gasteiger partial charge is 0.347 e. The quantitative estimate of drug-likeness (QED) is 0.658. The van der Waals surface area contributed by atoms with Crippen LogP contribution in [0, 0.1) is 0 Å². The fraction of sp³-hybridized carbons (Fsp3) is 0.417. The lowest BCUT2D eigenvalue weighted by Gasteiger charge is -2.24. The van der Waals surface area contributed by atoms with Gasteiger partial charge < -0.3 is 5.32 Å². The van der Waals surface area contributed by atoms with Crippen molar-refractivity contribution >= 4 is 5.91 Å². The standard InChI is InChI=1S/C12H13NO/c14-11-6-8-12(13-11)7-5-9-3-1-2-4-10(9)12/h1-4H,5-8H2,(H,13,14)/t12-/m1/s1. The van der Waals surface area contributed by atoms with Crippen molar-refractivity contribution in [2.45, 2.75) is 31.2 Å². The Morgan fingerprint density at radius 2 is 1.93 bits per heavy atom. The van der Waals surface area contributed by atoms with Crippen LogP contribution in [0.25, 0.3) is 0 Å². The summed E-state index contributed by atoms with van der Waals surface area (Å²) in [5.74, 6) is 0.210. The fourth-order valence-corrected chi connectivity index (χ4v) is 2.80. The zero-order valence-corrected chi connectivity index (χ0v) is 8.05. The van der Waals surface area contributed by atoms with Gasteiger partial charge in [0.1, 0.15) is 0 Å². The Kier molecular flexibility index (Phi) is 1.49. The lowest BCUT2D eigenvalue weighted by Crippen LogP contribution is -2.36. The predicted molar refractivity (Wildman–Crippen MR) is 53.8 cm³/mol. The predicted octanol–water partition coefficient (Wildman–Crippen LogP) is 1.74. The first kappa shape index (κ1) is 8.04. The van der Waals surface area contributed by atoms with Crippen LogP contribution in [0.5, 0.6) is 0 Å². The number of aryl methyl sites for hydroxylation is 1. The third-order valence-corrected chi connectivity index (χ3v) is 3.51. The molecule has 1 atom stereocenters. The number of hydrogen-bond acceptors (Lipinski definition) is 1. The summed E-state index contributed by atoms with van der Waals surface area (Å²) in [6.07, 6.45) is 3.85. The molecular formula is C12H13NO. The molecule has 1 aromatic rings. The highest BCUT2D eigenvalue weighted by Crippen LogP contribution is 2.42. The van der Waals surface area contributed by atoms with Gasteiger partial charge in [0.25, 0.3) is 0 Å². The molecule has 2 aliphatic rings. The third kappa shape index (κ3) is 0.939. The van der Waals surface area contributed by atoms with Crippen LogP contribution in [0.2, 0.25) is 0 Å². The molecule has 2 heteroatoms. The number of fused-ring (bicyclic) bond motifs is 2. The SMILES string of the molecule is O=C1CC[C@@]2(CCc3ccccc32)N1. The minimum Gasteiger partial charge on any atom is -0.347 e. The van der Waals surface area contributed by atoms with E-state index in [0.717, 1.165) is 19.3 Å². The second-order valence-electron chi connectivity index (χ2n) is 4.29. The van der Waals surface area contributed by atoms with Gasteiger partial charge in [0, 0.05) is 6.42 Å². The van der Waals surface area contributed by atoms with Crippen molar-refractivity contribution in [2.75, 3.05) is 0 Å². The van der Waals surface area contributed by atoms with E-state index in [9.17, 15) is 4.79 Å². The van der Waals surface area contributed by atoms with Gasteiger partial charge in [-0.1, -0.05) is 24.3 Å². The molecule has 1 saturated heterocycles. The average Bonchev–Trinajstić information content (AvgIpc) is 2.75. The van der Waals surface area contributed by atoms with Crippen molar-refractivity contribution in [1.82, 2.24) is 5.32 Å². The molecule has 2 nitrogen and oxygen atoms in total. The van der Waals surface area contributed by atoms with Gasteiger partial charge in [-0.05, 0) is 30.4 Å². The van der Waals surface area contributed by atoms with Crippen LogP contribution in [0.3, 0.4) is 0 Å². The van der Waals surface area contributed by atoms with Crippen LogP contribution in [0.15, 0.2) is 24.3 Å². The van der Waals surface area contributed by atoms with Crippen molar-refractivity contribution < 1.29 is 4.79 Å². The molecule has 14 heavy (non-hydrogen) atoms. The molecular weight excluding hydrogens is 174 g/mol. The van der Waals surface area contributed by atoms with Crippen LogP contribution in [-0.4, -0.2) is 5.91 Å². The molecule has 1 fully saturated rings. The first-order chi connectivity index (χ1) is 6.80. The Labute approximate surface area is 83.3 Å². The maximum atomic E-state index is 11.3. The second-order valence-corrected chi connectivity index (χ2v) is 4.29. The Morgan fingerprint density at radius 1 is 1.14 bits per heavy atom. The summed E-state index contributed by atoms with van der Waals surface area (Å²) in [7, 11) is 0. The molecule has 1 N–H and O–H groups in total. The van der Waals surface area contributed by atoms with Crippen molar-refractivity contribution in [1.29, 1.82) is 0 Å². The molecule has 0 aromatic heterocycles. The molecule has 1 heterocycles. The topological polar surface area (TPSA) is 29.1 Å². The first-order valence-electron chi connectivity index (χ1n) is 5.20. The molecule has 0 radical (unpaired) electrons. The summed E-state index contributed by atoms with van der Waals surface area (Å²) < 4.78 is 0. The monoisotopic (exact) mass is 187 g/mol. The number of amides is 1. The molecule has 1 aromatic carbocycles. The Hall–Kier alpha value is -1.31. The van der Waals surface area contributed by atoms with Gasteiger partial charge in [-0.3, -0.25) is 4.79 Å². The van der Waals surface area contributed by atoms with Gasteiger partial charge >= 0.3 is 0 Å². The van der Waals surface area contributed by atoms with Crippen LogP contribution >= 0.6 is 0 Å². The molecule has 3 rings (SSSR count). The molecule has 72 valence electrons. The molecule has 0 unspecified atom stereocenters. The number of nitrogens with one attached hydrogen (secondary N) is 1. The first-order valence-corrected chi connectivity index (χ1v) is 5.20. The Morgan fingerprint density at radius 3 is 2.71 bits per heavy atom. The number of benzene rings is 1. The fourth-order valence-electron chi connectivity index (χ4n) is 2.80. The van der Waals surface area contributed by atoms with Crippen LogP contribution in [0.4, 0.5) is 0 Å². The third-order valence-electron chi connectivity index (χ3n) is 3.51. The van der Waals surface area contributed by atoms with Crippen molar-refractivity contribution in [3.8, 4) is 0 Å².